The molecule has 0 aliphatic heterocycles. The number of thiophene rings is 3. The SMILES string of the molecule is CC1(C)c2ccccc2-c2ccc(-c3nc(-c4cccc(-n5c6ccccc6c6c7ccccc7c7sc8ccccc8c7c65)c4)nc4ncccc34)cc21.[2H]c1c([2H])c([2H])c(-c2nc(-n3c4ccccc4c4c5ccccc5c5c6ccccc6sc5c43)nc3ncccc23)c([2H])c1[2H].c1ccc(-c2nc(-n3c4ccccc4c4c5ccccc5c5c6ccccc6sc5c43)nc3ncccc23)cc1. The number of hydrogen-bond donors (Lipinski definition) is 0. The van der Waals surface area contributed by atoms with Gasteiger partial charge in [-0.15, -0.1) is 34.0 Å². The van der Waals surface area contributed by atoms with Gasteiger partial charge in [-0.3, -0.25) is 9.13 Å². The van der Waals surface area contributed by atoms with Crippen LogP contribution >= 0.6 is 34.0 Å². The van der Waals surface area contributed by atoms with Gasteiger partial charge in [-0.2, -0.15) is 9.97 Å². The van der Waals surface area contributed by atoms with Gasteiger partial charge in [0.25, 0.3) is 0 Å². The van der Waals surface area contributed by atoms with E-state index >= 15 is 0 Å². The van der Waals surface area contributed by atoms with Gasteiger partial charge in [0.2, 0.25) is 11.9 Å². The average molecular weight is 1780 g/mol. The van der Waals surface area contributed by atoms with E-state index in [9.17, 15) is 0 Å². The molecule has 15 heteroatoms. The predicted molar refractivity (Wildman–Crippen MR) is 566 cm³/mol. The fraction of sp³-hybridized carbons (Fsp3) is 0.0250. The fourth-order valence-corrected chi connectivity index (χ4v) is 25.2. The van der Waals surface area contributed by atoms with E-state index < -0.39 is 18.1 Å². The van der Waals surface area contributed by atoms with Gasteiger partial charge in [0.05, 0.1) is 66.4 Å². The van der Waals surface area contributed by atoms with Gasteiger partial charge >= 0.3 is 0 Å². The standard InChI is InChI=1S/C50H32N4S.2C35H20N4S/c1-50(2)39-21-8-5-15-32(39)33-25-24-29(28-40(33)50)45-38-20-12-26-51-49(38)53-48(52-45)30-13-11-14-31(27-30)54-41-22-9-6-18-36(41)43-34-16-3-4-17-35(34)47-44(46(43)54)37-19-7-10-23-42(37)55-47;2*1-2-11-21(12-3-1)31-26-17-10-20-36-34(26)38-35(37-31)39-27-18-8-6-15-24(27)29-22-13-4-5-14-23(22)30-25-16-7-9-19-28(25)40-33(30)32(29)39/h3-28H,1-2H3;2*1-20H/i;1D,2D,3D,11D,12D;. The first kappa shape index (κ1) is 71.8. The van der Waals surface area contributed by atoms with Crippen LogP contribution in [-0.4, -0.2) is 58.6 Å². The molecule has 0 fully saturated rings. The molecule has 30 rings (SSSR count). The van der Waals surface area contributed by atoms with E-state index in [0.29, 0.717) is 40.0 Å². The van der Waals surface area contributed by atoms with Crippen molar-refractivity contribution in [2.24, 2.45) is 0 Å². The first-order valence-corrected chi connectivity index (χ1v) is 47.4. The average Bonchev–Trinajstić information content (AvgIpc) is 1.54. The third-order valence-corrected chi connectivity index (χ3v) is 30.8. The van der Waals surface area contributed by atoms with Crippen LogP contribution in [0.15, 0.2) is 401 Å². The van der Waals surface area contributed by atoms with E-state index in [2.05, 4.69) is 324 Å². The number of fused-ring (bicyclic) bond motifs is 36. The Morgan fingerprint density at radius 3 is 1.21 bits per heavy atom. The Labute approximate surface area is 790 Å². The summed E-state index contributed by atoms with van der Waals surface area (Å²) in [5.41, 5.74) is 19.5. The summed E-state index contributed by atoms with van der Waals surface area (Å²) in [7, 11) is 0. The van der Waals surface area contributed by atoms with Gasteiger partial charge in [-0.1, -0.05) is 305 Å². The molecule has 0 N–H and O–H groups in total. The molecule has 12 aromatic heterocycles. The van der Waals surface area contributed by atoms with Crippen LogP contribution in [0.4, 0.5) is 0 Å². The van der Waals surface area contributed by atoms with Crippen LogP contribution < -0.4 is 0 Å². The maximum atomic E-state index is 8.76. The van der Waals surface area contributed by atoms with Crippen molar-refractivity contribution in [3.8, 4) is 73.9 Å². The minimum atomic E-state index is -0.452. The topological polar surface area (TPSA) is 131 Å². The maximum Gasteiger partial charge on any atom is 0.237 e. The molecular weight excluding hydrogens is 1710 g/mol. The molecule has 0 saturated carbocycles. The molecule has 12 nitrogen and oxygen atoms in total. The van der Waals surface area contributed by atoms with Crippen molar-refractivity contribution in [3.05, 3.63) is 412 Å². The largest absolute Gasteiger partial charge is 0.309 e. The van der Waals surface area contributed by atoms with Crippen molar-refractivity contribution >= 4 is 225 Å². The lowest BCUT2D eigenvalue weighted by molar-refractivity contribution is 0.660. The summed E-state index contributed by atoms with van der Waals surface area (Å²) in [5, 5.41) is 24.3. The van der Waals surface area contributed by atoms with Crippen LogP contribution in [0.2, 0.25) is 0 Å². The number of para-hydroxylation sites is 3. The van der Waals surface area contributed by atoms with Crippen LogP contribution in [0.3, 0.4) is 0 Å². The Morgan fingerprint density at radius 2 is 0.659 bits per heavy atom. The molecule has 0 unspecified atom stereocenters. The van der Waals surface area contributed by atoms with Crippen molar-refractivity contribution in [2.45, 2.75) is 19.3 Å². The van der Waals surface area contributed by atoms with Gasteiger partial charge in [-0.05, 0) is 140 Å². The lowest BCUT2D eigenvalue weighted by Gasteiger charge is -2.22. The van der Waals surface area contributed by atoms with Crippen molar-refractivity contribution in [3.63, 3.8) is 0 Å². The molecule has 0 atom stereocenters. The smallest absolute Gasteiger partial charge is 0.237 e. The van der Waals surface area contributed by atoms with Crippen molar-refractivity contribution in [2.75, 3.05) is 0 Å². The molecule has 1 aliphatic rings. The first-order valence-electron chi connectivity index (χ1n) is 47.5. The van der Waals surface area contributed by atoms with Crippen molar-refractivity contribution in [1.82, 2.24) is 58.6 Å². The van der Waals surface area contributed by atoms with Crippen molar-refractivity contribution < 1.29 is 6.85 Å². The Morgan fingerprint density at radius 1 is 0.259 bits per heavy atom. The molecule has 135 heavy (non-hydrogen) atoms. The number of hydrogen-bond acceptors (Lipinski definition) is 12. The van der Waals surface area contributed by atoms with Gasteiger partial charge in [0.1, 0.15) is 0 Å². The highest BCUT2D eigenvalue weighted by atomic mass is 32.1. The Kier molecular flexibility index (Phi) is 16.0. The number of rotatable bonds is 7. The van der Waals surface area contributed by atoms with Crippen LogP contribution in [0, 0.1) is 0 Å². The molecule has 0 radical (unpaired) electrons. The van der Waals surface area contributed by atoms with E-state index in [1.165, 1.54) is 132 Å². The third kappa shape index (κ3) is 11.6. The second kappa shape index (κ2) is 30.0. The van der Waals surface area contributed by atoms with Gasteiger partial charge in [0, 0.05) is 157 Å². The lowest BCUT2D eigenvalue weighted by Crippen LogP contribution is -2.15. The first-order chi connectivity index (χ1) is 68.8. The number of benzene rings is 17. The fourth-order valence-electron chi connectivity index (χ4n) is 21.5. The molecule has 0 saturated heterocycles. The summed E-state index contributed by atoms with van der Waals surface area (Å²) in [5.74, 6) is 1.59. The van der Waals surface area contributed by atoms with Crippen LogP contribution in [0.5, 0.6) is 0 Å². The van der Waals surface area contributed by atoms with E-state index in [-0.39, 0.29) is 28.8 Å². The summed E-state index contributed by atoms with van der Waals surface area (Å²) < 4.78 is 56.5. The Hall–Kier alpha value is -17.0. The monoisotopic (exact) mass is 1780 g/mol. The molecule has 29 aromatic rings. The minimum Gasteiger partial charge on any atom is -0.309 e. The van der Waals surface area contributed by atoms with E-state index in [0.717, 1.165) is 92.8 Å². The van der Waals surface area contributed by atoms with E-state index in [1.54, 1.807) is 35.9 Å². The highest BCUT2D eigenvalue weighted by Gasteiger charge is 2.36. The zero-order valence-corrected chi connectivity index (χ0v) is 74.8. The second-order valence-corrected chi connectivity index (χ2v) is 38.0. The van der Waals surface area contributed by atoms with Gasteiger partial charge in [-0.25, -0.2) is 34.9 Å². The van der Waals surface area contributed by atoms with Gasteiger partial charge < -0.3 is 4.57 Å². The van der Waals surface area contributed by atoms with Crippen LogP contribution in [-0.2, 0) is 5.41 Å². The predicted octanol–water partition coefficient (Wildman–Crippen LogP) is 31.9. The Bertz CT molecular complexity index is 10400. The quantitative estimate of drug-likeness (QED) is 0.153. The highest BCUT2D eigenvalue weighted by Crippen LogP contribution is 2.55. The minimum absolute atomic E-state index is 0.0147. The zero-order valence-electron chi connectivity index (χ0n) is 77.3. The summed E-state index contributed by atoms with van der Waals surface area (Å²) in [6, 6.07) is 122. The van der Waals surface area contributed by atoms with Crippen LogP contribution in [0.1, 0.15) is 31.8 Å². The normalized spacial score (nSPS) is 13.1. The third-order valence-electron chi connectivity index (χ3n) is 27.2. The van der Waals surface area contributed by atoms with Gasteiger partial charge in [0.15, 0.2) is 22.8 Å². The van der Waals surface area contributed by atoms with Crippen LogP contribution in [0.25, 0.3) is 265 Å². The molecule has 0 amide bonds. The Balaban J connectivity index is 0.000000104. The lowest BCUT2D eigenvalue weighted by atomic mass is 9.82. The summed E-state index contributed by atoms with van der Waals surface area (Å²) in [6.07, 6.45) is 5.26. The maximum absolute atomic E-state index is 8.76. The summed E-state index contributed by atoms with van der Waals surface area (Å²) in [6.45, 7) is 4.64. The molecule has 630 valence electrons. The molecule has 1 aliphatic carbocycles. The van der Waals surface area contributed by atoms with Crippen molar-refractivity contribution in [1.29, 1.82) is 0 Å². The highest BCUT2D eigenvalue weighted by molar-refractivity contribution is 7.28. The number of aromatic nitrogens is 12. The van der Waals surface area contributed by atoms with E-state index in [1.807, 2.05) is 82.0 Å². The van der Waals surface area contributed by atoms with E-state index in [4.69, 9.17) is 41.7 Å². The molecule has 0 bridgehead atoms. The number of nitrogens with zero attached hydrogens (tertiary/aromatic N) is 12. The summed E-state index contributed by atoms with van der Waals surface area (Å²) in [4.78, 5) is 44.8. The molecule has 0 spiro atoms. The second-order valence-electron chi connectivity index (χ2n) is 34.9. The molecule has 12 heterocycles. The summed E-state index contributed by atoms with van der Waals surface area (Å²) >= 11 is 5.45. The zero-order chi connectivity index (χ0) is 93.2. The molecule has 17 aromatic carbocycles. The number of pyridine rings is 3. The molecular formula is C120H72N12S3.